The van der Waals surface area contributed by atoms with Crippen LogP contribution in [0.5, 0.6) is 11.5 Å². The van der Waals surface area contributed by atoms with Gasteiger partial charge in [0.2, 0.25) is 5.90 Å². The first-order valence-electron chi connectivity index (χ1n) is 12.1. The zero-order valence-corrected chi connectivity index (χ0v) is 20.1. The highest BCUT2D eigenvalue weighted by atomic mass is 19.4. The number of aliphatic imine (C=N–C) groups is 1. The smallest absolute Gasteiger partial charge is 0.418 e. The number of hydrogen-bond acceptors (Lipinski definition) is 6. The molecule has 0 aliphatic carbocycles. The molecular weight excluding hydrogens is 495 g/mol. The van der Waals surface area contributed by atoms with E-state index in [1.54, 1.807) is 0 Å². The molecule has 2 fully saturated rings. The van der Waals surface area contributed by atoms with Gasteiger partial charge in [0.1, 0.15) is 24.0 Å². The summed E-state index contributed by atoms with van der Waals surface area (Å²) in [6.45, 7) is 3.69. The molecule has 1 unspecified atom stereocenters. The normalized spacial score (nSPS) is 20.4. The number of benzene rings is 1. The third kappa shape index (κ3) is 5.26. The van der Waals surface area contributed by atoms with Crippen molar-refractivity contribution in [2.45, 2.75) is 51.4 Å². The predicted octanol–water partition coefficient (Wildman–Crippen LogP) is 6.36. The van der Waals surface area contributed by atoms with Crippen LogP contribution in [-0.2, 0) is 17.5 Å². The Bertz CT molecular complexity index is 1250. The van der Waals surface area contributed by atoms with Gasteiger partial charge >= 0.3 is 6.18 Å². The first kappa shape index (κ1) is 25.0. The van der Waals surface area contributed by atoms with E-state index in [0.717, 1.165) is 62.3 Å². The van der Waals surface area contributed by atoms with Crippen LogP contribution in [-0.4, -0.2) is 39.8 Å². The van der Waals surface area contributed by atoms with E-state index < -0.39 is 34.9 Å². The standard InChI is InChI=1S/C26H25F5N4O2/c1-2-5-22-33-23(11-24-34-7-4-3-6-18(34)14-35(22)24)36-15-16-8-20(27)25(21(28)9-16)37-19-10-17(12-32-13-19)26(29,30)31/h5,8-13,18H,2-4,6-7,14-15H2,1H3/b22-5-. The number of rotatable bonds is 5. The maximum absolute atomic E-state index is 14.7. The number of aromatic nitrogens is 1. The van der Waals surface area contributed by atoms with Crippen LogP contribution in [0.1, 0.15) is 43.7 Å². The molecule has 2 aromatic rings. The summed E-state index contributed by atoms with van der Waals surface area (Å²) in [7, 11) is 0. The van der Waals surface area contributed by atoms with Crippen molar-refractivity contribution in [3.63, 3.8) is 0 Å². The summed E-state index contributed by atoms with van der Waals surface area (Å²) in [5, 5.41) is 0. The van der Waals surface area contributed by atoms with Crippen LogP contribution in [0.2, 0.25) is 0 Å². The summed E-state index contributed by atoms with van der Waals surface area (Å²) in [5.41, 5.74) is -0.914. The van der Waals surface area contributed by atoms with E-state index in [2.05, 4.69) is 19.8 Å². The van der Waals surface area contributed by atoms with Gasteiger partial charge in [0, 0.05) is 31.4 Å². The van der Waals surface area contributed by atoms with Crippen molar-refractivity contribution in [3.05, 3.63) is 77.1 Å². The Morgan fingerprint density at radius 2 is 1.89 bits per heavy atom. The van der Waals surface area contributed by atoms with Gasteiger partial charge in [-0.3, -0.25) is 4.98 Å². The van der Waals surface area contributed by atoms with Crippen molar-refractivity contribution >= 4 is 5.90 Å². The molecule has 1 aromatic carbocycles. The predicted molar refractivity (Wildman–Crippen MR) is 125 cm³/mol. The maximum atomic E-state index is 14.7. The number of halogens is 5. The van der Waals surface area contributed by atoms with Crippen LogP contribution in [0, 0.1) is 11.6 Å². The van der Waals surface area contributed by atoms with Crippen molar-refractivity contribution in [2.24, 2.45) is 4.99 Å². The van der Waals surface area contributed by atoms with Crippen molar-refractivity contribution in [3.8, 4) is 11.5 Å². The van der Waals surface area contributed by atoms with Gasteiger partial charge < -0.3 is 19.3 Å². The van der Waals surface area contributed by atoms with E-state index in [1.165, 1.54) is 6.42 Å². The van der Waals surface area contributed by atoms with E-state index in [1.807, 2.05) is 19.1 Å². The number of ether oxygens (including phenoxy) is 2. The van der Waals surface area contributed by atoms with E-state index >= 15 is 0 Å². The summed E-state index contributed by atoms with van der Waals surface area (Å²) in [6.07, 6.45) is 4.96. The molecular formula is C26H25F5N4O2. The van der Waals surface area contributed by atoms with E-state index in [9.17, 15) is 22.0 Å². The molecule has 6 nitrogen and oxygen atoms in total. The molecule has 0 spiro atoms. The molecule has 1 aromatic heterocycles. The number of allylic oxidation sites excluding steroid dienone is 1. The van der Waals surface area contributed by atoms with Crippen LogP contribution >= 0.6 is 0 Å². The molecule has 2 saturated heterocycles. The molecule has 0 N–H and O–H groups in total. The first-order valence-corrected chi connectivity index (χ1v) is 12.1. The second kappa shape index (κ2) is 10.0. The number of alkyl halides is 3. The molecule has 4 heterocycles. The highest BCUT2D eigenvalue weighted by molar-refractivity contribution is 5.90. The molecule has 0 amide bonds. The molecule has 3 aliphatic rings. The highest BCUT2D eigenvalue weighted by Crippen LogP contribution is 2.37. The lowest BCUT2D eigenvalue weighted by molar-refractivity contribution is -0.137. The van der Waals surface area contributed by atoms with Crippen molar-refractivity contribution in [1.82, 2.24) is 14.8 Å². The van der Waals surface area contributed by atoms with Gasteiger partial charge in [-0.25, -0.2) is 8.78 Å². The molecule has 37 heavy (non-hydrogen) atoms. The summed E-state index contributed by atoms with van der Waals surface area (Å²) in [4.78, 5) is 12.6. The molecule has 0 bridgehead atoms. The number of pyridine rings is 1. The minimum Gasteiger partial charge on any atom is -0.473 e. The summed E-state index contributed by atoms with van der Waals surface area (Å²) < 4.78 is 79.0. The number of hydrogen-bond donors (Lipinski definition) is 0. The number of fused-ring (bicyclic) bond motifs is 3. The minimum absolute atomic E-state index is 0.162. The van der Waals surface area contributed by atoms with Crippen molar-refractivity contribution in [1.29, 1.82) is 0 Å². The maximum Gasteiger partial charge on any atom is 0.418 e. The summed E-state index contributed by atoms with van der Waals surface area (Å²) >= 11 is 0. The lowest BCUT2D eigenvalue weighted by atomic mass is 10.0. The zero-order valence-electron chi connectivity index (χ0n) is 20.1. The molecule has 11 heteroatoms. The number of piperidine rings is 1. The van der Waals surface area contributed by atoms with E-state index in [4.69, 9.17) is 9.47 Å². The Balaban J connectivity index is 1.32. The Kier molecular flexibility index (Phi) is 6.78. The van der Waals surface area contributed by atoms with Gasteiger partial charge in [0.15, 0.2) is 17.4 Å². The fraction of sp³-hybridized carbons (Fsp3) is 0.385. The molecule has 0 saturated carbocycles. The lowest BCUT2D eigenvalue weighted by Crippen LogP contribution is -2.34. The molecule has 196 valence electrons. The van der Waals surface area contributed by atoms with Crippen molar-refractivity contribution < 1.29 is 31.4 Å². The van der Waals surface area contributed by atoms with Gasteiger partial charge in [-0.1, -0.05) is 6.92 Å². The molecule has 0 radical (unpaired) electrons. The monoisotopic (exact) mass is 520 g/mol. The Morgan fingerprint density at radius 1 is 1.11 bits per heavy atom. The largest absolute Gasteiger partial charge is 0.473 e. The SMILES string of the molecule is CC/C=C1/N=C(OCc2cc(F)c(Oc3cncc(C(F)(F)F)c3)c(F)c2)C=C2N1CC1CCCCN21. The fourth-order valence-corrected chi connectivity index (χ4v) is 4.75. The third-order valence-corrected chi connectivity index (χ3v) is 6.44. The average molecular weight is 521 g/mol. The van der Waals surface area contributed by atoms with Gasteiger partial charge in [-0.05, 0) is 55.5 Å². The topological polar surface area (TPSA) is 50.2 Å². The minimum atomic E-state index is -4.67. The highest BCUT2D eigenvalue weighted by Gasteiger charge is 2.39. The Hall–Kier alpha value is -3.63. The average Bonchev–Trinajstić information content (AvgIpc) is 3.24. The van der Waals surface area contributed by atoms with E-state index in [-0.39, 0.29) is 12.2 Å². The van der Waals surface area contributed by atoms with Crippen LogP contribution < -0.4 is 4.74 Å². The van der Waals surface area contributed by atoms with E-state index in [0.29, 0.717) is 24.2 Å². The second-order valence-corrected chi connectivity index (χ2v) is 9.06. The van der Waals surface area contributed by atoms with Gasteiger partial charge in [-0.2, -0.15) is 18.2 Å². The first-order chi connectivity index (χ1) is 17.7. The van der Waals surface area contributed by atoms with Gasteiger partial charge in [0.25, 0.3) is 0 Å². The van der Waals surface area contributed by atoms with Crippen LogP contribution in [0.15, 0.2) is 59.4 Å². The van der Waals surface area contributed by atoms with Crippen molar-refractivity contribution in [2.75, 3.05) is 13.1 Å². The second-order valence-electron chi connectivity index (χ2n) is 9.06. The summed E-state index contributed by atoms with van der Waals surface area (Å²) in [6, 6.07) is 3.08. The quantitative estimate of drug-likeness (QED) is 0.430. The van der Waals surface area contributed by atoms with Crippen LogP contribution in [0.4, 0.5) is 22.0 Å². The Labute approximate surface area is 210 Å². The van der Waals surface area contributed by atoms with Gasteiger partial charge in [-0.15, -0.1) is 0 Å². The van der Waals surface area contributed by atoms with Crippen LogP contribution in [0.25, 0.3) is 0 Å². The number of nitrogens with zero attached hydrogens (tertiary/aromatic N) is 4. The molecule has 3 aliphatic heterocycles. The summed E-state index contributed by atoms with van der Waals surface area (Å²) in [5.74, 6) is -1.27. The molecule has 1 atom stereocenters. The van der Waals surface area contributed by atoms with Gasteiger partial charge in [0.05, 0.1) is 11.8 Å². The zero-order chi connectivity index (χ0) is 26.2. The van der Waals surface area contributed by atoms with Crippen LogP contribution in [0.3, 0.4) is 0 Å². The lowest BCUT2D eigenvalue weighted by Gasteiger charge is -2.32. The fourth-order valence-electron chi connectivity index (χ4n) is 4.75. The Morgan fingerprint density at radius 3 is 2.62 bits per heavy atom. The third-order valence-electron chi connectivity index (χ3n) is 6.44. The molecule has 5 rings (SSSR count).